The van der Waals surface area contributed by atoms with Crippen molar-refractivity contribution in [1.82, 2.24) is 5.32 Å². The fourth-order valence-electron chi connectivity index (χ4n) is 3.52. The quantitative estimate of drug-likeness (QED) is 0.437. The van der Waals surface area contributed by atoms with Gasteiger partial charge >= 0.3 is 6.03 Å². The number of hydrogen-bond donors (Lipinski definition) is 1. The van der Waals surface area contributed by atoms with Gasteiger partial charge in [0.25, 0.3) is 11.8 Å². The van der Waals surface area contributed by atoms with Crippen molar-refractivity contribution in [2.45, 2.75) is 6.42 Å². The van der Waals surface area contributed by atoms with Gasteiger partial charge in [0, 0.05) is 11.4 Å². The van der Waals surface area contributed by atoms with Crippen LogP contribution in [0.3, 0.4) is 0 Å². The fraction of sp³-hybridized carbons (Fsp3) is 0.0800. The van der Waals surface area contributed by atoms with Gasteiger partial charge < -0.3 is 4.74 Å². The molecule has 0 aliphatic carbocycles. The van der Waals surface area contributed by atoms with E-state index in [0.29, 0.717) is 28.3 Å². The van der Waals surface area contributed by atoms with Gasteiger partial charge in [-0.25, -0.2) is 14.1 Å². The maximum absolute atomic E-state index is 14.0. The number of benzene rings is 3. The van der Waals surface area contributed by atoms with Crippen LogP contribution in [0.2, 0.25) is 5.02 Å². The zero-order valence-corrected chi connectivity index (χ0v) is 18.2. The molecule has 0 unspecified atom stereocenters. The van der Waals surface area contributed by atoms with Crippen LogP contribution in [0, 0.1) is 5.82 Å². The summed E-state index contributed by atoms with van der Waals surface area (Å²) in [6.07, 6.45) is 1.68. The average Bonchev–Trinajstić information content (AvgIpc) is 2.79. The first-order valence-electron chi connectivity index (χ1n) is 9.94. The van der Waals surface area contributed by atoms with Crippen molar-refractivity contribution in [2.24, 2.45) is 0 Å². The second-order valence-electron chi connectivity index (χ2n) is 7.28. The lowest BCUT2D eigenvalue weighted by atomic mass is 10.00. The van der Waals surface area contributed by atoms with E-state index >= 15 is 0 Å². The molecule has 1 heterocycles. The van der Waals surface area contributed by atoms with E-state index in [1.54, 1.807) is 48.5 Å². The molecule has 1 aliphatic heterocycles. The molecule has 6 nitrogen and oxygen atoms in total. The molecule has 0 spiro atoms. The number of anilines is 1. The zero-order valence-electron chi connectivity index (χ0n) is 17.5. The third-order valence-corrected chi connectivity index (χ3v) is 5.36. The van der Waals surface area contributed by atoms with Gasteiger partial charge in [0.1, 0.15) is 17.1 Å². The van der Waals surface area contributed by atoms with Crippen molar-refractivity contribution in [3.63, 3.8) is 0 Å². The van der Waals surface area contributed by atoms with E-state index < -0.39 is 17.8 Å². The summed E-state index contributed by atoms with van der Waals surface area (Å²) in [7, 11) is 1.48. The van der Waals surface area contributed by atoms with Gasteiger partial charge in [-0.15, -0.1) is 0 Å². The Morgan fingerprint density at radius 1 is 1.00 bits per heavy atom. The van der Waals surface area contributed by atoms with E-state index in [1.807, 2.05) is 0 Å². The summed E-state index contributed by atoms with van der Waals surface area (Å²) in [5.41, 5.74) is 1.77. The predicted molar refractivity (Wildman–Crippen MR) is 123 cm³/mol. The SMILES string of the molecule is COc1cc(/C=C2\C(=O)NC(=O)N(c3cccc(Cl)c3)C2=O)ccc1Cc1ccccc1F. The molecule has 1 saturated heterocycles. The minimum Gasteiger partial charge on any atom is -0.496 e. The van der Waals surface area contributed by atoms with E-state index in [0.717, 1.165) is 10.5 Å². The molecule has 0 atom stereocenters. The minimum atomic E-state index is -0.859. The summed E-state index contributed by atoms with van der Waals surface area (Å²) >= 11 is 5.98. The molecule has 0 bridgehead atoms. The molecule has 33 heavy (non-hydrogen) atoms. The molecule has 4 amide bonds. The van der Waals surface area contributed by atoms with Crippen LogP contribution in [0.5, 0.6) is 5.75 Å². The topological polar surface area (TPSA) is 75.7 Å². The number of carbonyl (C=O) groups excluding carboxylic acids is 3. The zero-order chi connectivity index (χ0) is 23.5. The first-order chi connectivity index (χ1) is 15.9. The molecule has 0 saturated carbocycles. The number of ether oxygens (including phenoxy) is 1. The molecule has 166 valence electrons. The first kappa shape index (κ1) is 22.2. The second-order valence-corrected chi connectivity index (χ2v) is 7.71. The summed E-state index contributed by atoms with van der Waals surface area (Å²) in [5, 5.41) is 2.51. The van der Waals surface area contributed by atoms with Crippen molar-refractivity contribution in [3.8, 4) is 5.75 Å². The lowest BCUT2D eigenvalue weighted by Crippen LogP contribution is -2.54. The van der Waals surface area contributed by atoms with E-state index in [4.69, 9.17) is 16.3 Å². The number of nitrogens with zero attached hydrogens (tertiary/aromatic N) is 1. The fourth-order valence-corrected chi connectivity index (χ4v) is 3.70. The molecular formula is C25H18ClFN2O4. The Morgan fingerprint density at radius 2 is 1.79 bits per heavy atom. The van der Waals surface area contributed by atoms with Gasteiger partial charge in [-0.1, -0.05) is 48.0 Å². The van der Waals surface area contributed by atoms with Crippen LogP contribution in [-0.4, -0.2) is 25.0 Å². The van der Waals surface area contributed by atoms with E-state index in [2.05, 4.69) is 5.32 Å². The molecular weight excluding hydrogens is 447 g/mol. The Bertz CT molecular complexity index is 1310. The molecule has 3 aromatic carbocycles. The van der Waals surface area contributed by atoms with Crippen molar-refractivity contribution in [1.29, 1.82) is 0 Å². The van der Waals surface area contributed by atoms with Gasteiger partial charge in [-0.05, 0) is 53.1 Å². The number of barbiturate groups is 1. The predicted octanol–water partition coefficient (Wildman–Crippen LogP) is 4.74. The number of methoxy groups -OCH3 is 1. The minimum absolute atomic E-state index is 0.224. The molecule has 1 aliphatic rings. The summed E-state index contributed by atoms with van der Waals surface area (Å²) in [4.78, 5) is 38.6. The van der Waals surface area contributed by atoms with Crippen LogP contribution >= 0.6 is 11.6 Å². The number of halogens is 2. The summed E-state index contributed by atoms with van der Waals surface area (Å²) < 4.78 is 19.5. The standard InChI is InChI=1S/C25H18ClFN2O4/c1-33-22-12-15(9-10-17(22)13-16-5-2-3-8-21(16)27)11-20-23(30)28-25(32)29(24(20)31)19-7-4-6-18(26)14-19/h2-12,14H,13H2,1H3,(H,28,30,32)/b20-11+. The highest BCUT2D eigenvalue weighted by Crippen LogP contribution is 2.27. The average molecular weight is 465 g/mol. The monoisotopic (exact) mass is 464 g/mol. The van der Waals surface area contributed by atoms with Crippen molar-refractivity contribution in [2.75, 3.05) is 12.0 Å². The maximum atomic E-state index is 14.0. The van der Waals surface area contributed by atoms with Crippen LogP contribution in [-0.2, 0) is 16.0 Å². The van der Waals surface area contributed by atoms with Crippen LogP contribution < -0.4 is 15.0 Å². The van der Waals surface area contributed by atoms with Crippen molar-refractivity contribution < 1.29 is 23.5 Å². The number of nitrogens with one attached hydrogen (secondary N) is 1. The highest BCUT2D eigenvalue weighted by Gasteiger charge is 2.36. The number of urea groups is 1. The number of carbonyl (C=O) groups is 3. The molecule has 0 aromatic heterocycles. The number of imide groups is 2. The van der Waals surface area contributed by atoms with Gasteiger partial charge in [-0.2, -0.15) is 0 Å². The molecule has 0 radical (unpaired) electrons. The van der Waals surface area contributed by atoms with E-state index in [-0.39, 0.29) is 17.1 Å². The number of hydrogen-bond acceptors (Lipinski definition) is 4. The van der Waals surface area contributed by atoms with Crippen LogP contribution in [0.1, 0.15) is 16.7 Å². The molecule has 4 rings (SSSR count). The first-order valence-corrected chi connectivity index (χ1v) is 10.3. The Labute approximate surface area is 194 Å². The summed E-state index contributed by atoms with van der Waals surface area (Å²) in [5.74, 6) is -1.43. The van der Waals surface area contributed by atoms with Crippen molar-refractivity contribution in [3.05, 3.63) is 99.8 Å². The Hall–Kier alpha value is -3.97. The largest absolute Gasteiger partial charge is 0.496 e. The van der Waals surface area contributed by atoms with Crippen LogP contribution in [0.25, 0.3) is 6.08 Å². The number of amides is 4. The highest BCUT2D eigenvalue weighted by molar-refractivity contribution is 6.39. The van der Waals surface area contributed by atoms with Crippen LogP contribution in [0.15, 0.2) is 72.3 Å². The summed E-state index contributed by atoms with van der Waals surface area (Å²) in [6, 6.07) is 16.9. The molecule has 8 heteroatoms. The smallest absolute Gasteiger partial charge is 0.335 e. The van der Waals surface area contributed by atoms with Crippen LogP contribution in [0.4, 0.5) is 14.9 Å². The summed E-state index contributed by atoms with van der Waals surface area (Å²) in [6.45, 7) is 0. The molecule has 1 fully saturated rings. The second kappa shape index (κ2) is 9.26. The van der Waals surface area contributed by atoms with Gasteiger partial charge in [0.2, 0.25) is 0 Å². The maximum Gasteiger partial charge on any atom is 0.335 e. The lowest BCUT2D eigenvalue weighted by Gasteiger charge is -2.26. The number of rotatable bonds is 5. The Morgan fingerprint density at radius 3 is 2.52 bits per heavy atom. The molecule has 3 aromatic rings. The van der Waals surface area contributed by atoms with E-state index in [1.165, 1.54) is 31.4 Å². The third-order valence-electron chi connectivity index (χ3n) is 5.13. The van der Waals surface area contributed by atoms with Gasteiger partial charge in [-0.3, -0.25) is 14.9 Å². The molecule has 1 N–H and O–H groups in total. The third kappa shape index (κ3) is 4.63. The van der Waals surface area contributed by atoms with E-state index in [9.17, 15) is 18.8 Å². The lowest BCUT2D eigenvalue weighted by molar-refractivity contribution is -0.122. The van der Waals surface area contributed by atoms with Gasteiger partial charge in [0.05, 0.1) is 12.8 Å². The van der Waals surface area contributed by atoms with Crippen molar-refractivity contribution >= 4 is 41.2 Å². The Kier molecular flexibility index (Phi) is 6.24. The Balaban J connectivity index is 1.67. The highest BCUT2D eigenvalue weighted by atomic mass is 35.5. The van der Waals surface area contributed by atoms with Gasteiger partial charge in [0.15, 0.2) is 0 Å². The normalized spacial score (nSPS) is 15.1.